The van der Waals surface area contributed by atoms with Gasteiger partial charge in [-0.3, -0.25) is 0 Å². The average Bonchev–Trinajstić information content (AvgIpc) is 3.58. The van der Waals surface area contributed by atoms with Crippen molar-refractivity contribution in [1.29, 1.82) is 0 Å². The summed E-state index contributed by atoms with van der Waals surface area (Å²) in [4.78, 5) is 8.63. The highest BCUT2D eigenvalue weighted by Crippen LogP contribution is 2.36. The van der Waals surface area contributed by atoms with Crippen LogP contribution in [0.2, 0.25) is 0 Å². The maximum Gasteiger partial charge on any atom is 0.224 e. The monoisotopic (exact) mass is 389 g/mol. The van der Waals surface area contributed by atoms with Gasteiger partial charge in [-0.2, -0.15) is 4.98 Å². The Morgan fingerprint density at radius 1 is 1.17 bits per heavy atom. The van der Waals surface area contributed by atoms with Crippen molar-refractivity contribution in [3.8, 4) is 0 Å². The van der Waals surface area contributed by atoms with Crippen molar-refractivity contribution in [2.45, 2.75) is 12.8 Å². The summed E-state index contributed by atoms with van der Waals surface area (Å²) in [6, 6.07) is 11.5. The Morgan fingerprint density at radius 3 is 2.62 bits per heavy atom. The summed E-state index contributed by atoms with van der Waals surface area (Å²) in [5, 5.41) is 19.6. The van der Waals surface area contributed by atoms with Gasteiger partial charge in [0.2, 0.25) is 5.95 Å². The lowest BCUT2D eigenvalue weighted by Crippen LogP contribution is -2.16. The molecule has 0 atom stereocenters. The van der Waals surface area contributed by atoms with Gasteiger partial charge in [-0.1, -0.05) is 43.5 Å². The first-order chi connectivity index (χ1) is 14.0. The van der Waals surface area contributed by atoms with Gasteiger partial charge < -0.3 is 21.1 Å². The molecule has 0 spiro atoms. The molecule has 0 aliphatic heterocycles. The summed E-state index contributed by atoms with van der Waals surface area (Å²) >= 11 is 0. The first kappa shape index (κ1) is 20.2. The van der Waals surface area contributed by atoms with Gasteiger partial charge in [-0.05, 0) is 53.7 Å². The maximum atomic E-state index is 10.2. The lowest BCUT2D eigenvalue weighted by atomic mass is 10.1. The third kappa shape index (κ3) is 6.24. The van der Waals surface area contributed by atoms with Crippen molar-refractivity contribution in [1.82, 2.24) is 15.3 Å². The van der Waals surface area contributed by atoms with E-state index in [0.29, 0.717) is 17.7 Å². The molecule has 1 heterocycles. The Kier molecular flexibility index (Phi) is 6.68. The van der Waals surface area contributed by atoms with E-state index in [1.165, 1.54) is 12.8 Å². The van der Waals surface area contributed by atoms with Crippen LogP contribution in [-0.2, 0) is 0 Å². The highest BCUT2D eigenvalue weighted by Gasteiger charge is 2.23. The van der Waals surface area contributed by atoms with Crippen molar-refractivity contribution >= 4 is 17.3 Å². The highest BCUT2D eigenvalue weighted by atomic mass is 16.3. The molecule has 0 saturated heterocycles. The molecule has 29 heavy (non-hydrogen) atoms. The standard InChI is InChI=1S/C23H27N5O/c1-16(18-7-5-4-6-8-18)13-20(29)15-26-23-25-12-11-21(28-23)27-22(24-3)14-17(2)19-9-10-19/h4-8,11-14,19,24,29H,1-2,9-10,15H2,3H3,(H2,25,26,27,28)/b20-13-,22-14+. The van der Waals surface area contributed by atoms with Crippen molar-refractivity contribution < 1.29 is 5.11 Å². The van der Waals surface area contributed by atoms with Crippen molar-refractivity contribution in [3.05, 3.63) is 90.6 Å². The minimum Gasteiger partial charge on any atom is -0.510 e. The second kappa shape index (κ2) is 9.59. The van der Waals surface area contributed by atoms with E-state index in [2.05, 4.69) is 39.1 Å². The number of hydrogen-bond acceptors (Lipinski definition) is 6. The van der Waals surface area contributed by atoms with E-state index in [1.54, 1.807) is 18.3 Å². The number of benzene rings is 1. The molecule has 4 N–H and O–H groups in total. The number of aromatic nitrogens is 2. The molecule has 2 aromatic rings. The molecule has 0 unspecified atom stereocenters. The summed E-state index contributed by atoms with van der Waals surface area (Å²) in [5.41, 5.74) is 2.81. The maximum absolute atomic E-state index is 10.2. The second-order valence-corrected chi connectivity index (χ2v) is 6.93. The van der Waals surface area contributed by atoms with Gasteiger partial charge in [0.1, 0.15) is 17.4 Å². The Morgan fingerprint density at radius 2 is 1.93 bits per heavy atom. The quantitative estimate of drug-likeness (QED) is 0.354. The molecule has 0 amide bonds. The number of nitrogens with one attached hydrogen (secondary N) is 3. The van der Waals surface area contributed by atoms with Crippen LogP contribution in [0.4, 0.5) is 11.8 Å². The van der Waals surface area contributed by atoms with E-state index < -0.39 is 0 Å². The zero-order valence-electron chi connectivity index (χ0n) is 16.7. The summed E-state index contributed by atoms with van der Waals surface area (Å²) in [7, 11) is 1.85. The van der Waals surface area contributed by atoms with Crippen LogP contribution in [0.3, 0.4) is 0 Å². The number of hydrogen-bond donors (Lipinski definition) is 4. The van der Waals surface area contributed by atoms with Crippen LogP contribution >= 0.6 is 0 Å². The van der Waals surface area contributed by atoms with Gasteiger partial charge in [0.05, 0.1) is 6.54 Å². The predicted molar refractivity (Wildman–Crippen MR) is 119 cm³/mol. The lowest BCUT2D eigenvalue weighted by Gasteiger charge is -2.12. The molecule has 150 valence electrons. The van der Waals surface area contributed by atoms with Crippen LogP contribution in [0.25, 0.3) is 5.57 Å². The minimum atomic E-state index is 0.150. The highest BCUT2D eigenvalue weighted by molar-refractivity contribution is 5.72. The molecular weight excluding hydrogens is 362 g/mol. The Labute approximate surface area is 171 Å². The van der Waals surface area contributed by atoms with E-state index in [4.69, 9.17) is 0 Å². The number of aliphatic hydroxyl groups is 1. The van der Waals surface area contributed by atoms with E-state index in [9.17, 15) is 5.11 Å². The van der Waals surface area contributed by atoms with E-state index in [0.717, 1.165) is 22.5 Å². The number of allylic oxidation sites excluding steroid dienone is 4. The van der Waals surface area contributed by atoms with E-state index >= 15 is 0 Å². The average molecular weight is 390 g/mol. The lowest BCUT2D eigenvalue weighted by molar-refractivity contribution is 0.408. The summed E-state index contributed by atoms with van der Waals surface area (Å²) in [6.45, 7) is 8.30. The third-order valence-electron chi connectivity index (χ3n) is 4.53. The number of aliphatic hydroxyl groups excluding tert-OH is 1. The molecule has 1 aromatic carbocycles. The molecule has 0 radical (unpaired) electrons. The fourth-order valence-corrected chi connectivity index (χ4v) is 2.74. The molecule has 1 aromatic heterocycles. The van der Waals surface area contributed by atoms with Crippen LogP contribution in [0, 0.1) is 5.92 Å². The van der Waals surface area contributed by atoms with Gasteiger partial charge >= 0.3 is 0 Å². The first-order valence-electron chi connectivity index (χ1n) is 9.61. The number of nitrogens with zero attached hydrogens (tertiary/aromatic N) is 2. The SMILES string of the molecule is C=C(/C=C(\O)CNc1nccc(N/C(=C/C(=C)C2CC2)NC)n1)c1ccccc1. The van der Waals surface area contributed by atoms with Gasteiger partial charge in [-0.25, -0.2) is 4.98 Å². The molecule has 1 fully saturated rings. The van der Waals surface area contributed by atoms with Crippen LogP contribution in [0.1, 0.15) is 18.4 Å². The topological polar surface area (TPSA) is 82.1 Å². The minimum absolute atomic E-state index is 0.150. The summed E-state index contributed by atoms with van der Waals surface area (Å²) in [5.74, 6) is 2.63. The molecule has 1 aliphatic carbocycles. The van der Waals surface area contributed by atoms with Gasteiger partial charge in [0.15, 0.2) is 0 Å². The van der Waals surface area contributed by atoms with Crippen LogP contribution in [-0.4, -0.2) is 28.7 Å². The van der Waals surface area contributed by atoms with E-state index in [-0.39, 0.29) is 12.3 Å². The number of rotatable bonds is 10. The second-order valence-electron chi connectivity index (χ2n) is 6.93. The van der Waals surface area contributed by atoms with E-state index in [1.807, 2.05) is 43.5 Å². The Balaban J connectivity index is 1.58. The Bertz CT molecular complexity index is 929. The smallest absolute Gasteiger partial charge is 0.224 e. The Hall–Kier alpha value is -3.54. The van der Waals surface area contributed by atoms with Crippen molar-refractivity contribution in [2.24, 2.45) is 5.92 Å². The first-order valence-corrected chi connectivity index (χ1v) is 9.61. The van der Waals surface area contributed by atoms with Gasteiger partial charge in [-0.15, -0.1) is 0 Å². The fraction of sp³-hybridized carbons (Fsp3) is 0.217. The van der Waals surface area contributed by atoms with Crippen LogP contribution < -0.4 is 16.0 Å². The summed E-state index contributed by atoms with van der Waals surface area (Å²) in [6.07, 6.45) is 7.72. The van der Waals surface area contributed by atoms with Crippen LogP contribution in [0.15, 0.2) is 85.1 Å². The summed E-state index contributed by atoms with van der Waals surface area (Å²) < 4.78 is 0. The zero-order valence-corrected chi connectivity index (χ0v) is 16.7. The molecule has 0 bridgehead atoms. The molecule has 6 nitrogen and oxygen atoms in total. The molecular formula is C23H27N5O. The normalized spacial score (nSPS) is 14.2. The molecule has 1 aliphatic rings. The van der Waals surface area contributed by atoms with Gasteiger partial charge in [0.25, 0.3) is 0 Å². The third-order valence-corrected chi connectivity index (χ3v) is 4.53. The fourth-order valence-electron chi connectivity index (χ4n) is 2.74. The van der Waals surface area contributed by atoms with Gasteiger partial charge in [0, 0.05) is 13.2 Å². The largest absolute Gasteiger partial charge is 0.510 e. The predicted octanol–water partition coefficient (Wildman–Crippen LogP) is 4.48. The molecule has 1 saturated carbocycles. The zero-order chi connectivity index (χ0) is 20.6. The molecule has 3 rings (SSSR count). The number of anilines is 2. The molecule has 6 heteroatoms. The van der Waals surface area contributed by atoms with Crippen molar-refractivity contribution in [3.63, 3.8) is 0 Å². The van der Waals surface area contributed by atoms with Crippen molar-refractivity contribution in [2.75, 3.05) is 24.2 Å². The van der Waals surface area contributed by atoms with Crippen LogP contribution in [0.5, 0.6) is 0 Å².